The first-order valence-corrected chi connectivity index (χ1v) is 5.90. The predicted molar refractivity (Wildman–Crippen MR) is 58.4 cm³/mol. The van der Waals surface area contributed by atoms with Gasteiger partial charge in [0.15, 0.2) is 0 Å². The van der Waals surface area contributed by atoms with E-state index in [-0.39, 0.29) is 23.4 Å². The van der Waals surface area contributed by atoms with Crippen molar-refractivity contribution in [1.29, 1.82) is 0 Å². The smallest absolute Gasteiger partial charge is 0.319 e. The van der Waals surface area contributed by atoms with Gasteiger partial charge in [0.1, 0.15) is 5.60 Å². The molecule has 0 heterocycles. The maximum Gasteiger partial charge on any atom is 0.319 e. The lowest BCUT2D eigenvalue weighted by Gasteiger charge is -2.21. The Bertz CT molecular complexity index is 202. The number of ether oxygens (including phenoxy) is 1. The van der Waals surface area contributed by atoms with Crippen molar-refractivity contribution >= 4 is 17.7 Å². The molecule has 0 rings (SSSR count). The van der Waals surface area contributed by atoms with E-state index in [4.69, 9.17) is 4.74 Å². The van der Waals surface area contributed by atoms with E-state index in [1.807, 2.05) is 0 Å². The number of carbonyl (C=O) groups is 1. The standard InChI is InChI=1S/C10H18F2O2S/c1-7(15-6-5-8(11)12)9(13)14-10(2,3)4/h7-8H,5-6H2,1-4H3. The highest BCUT2D eigenvalue weighted by Gasteiger charge is 2.21. The van der Waals surface area contributed by atoms with Crippen molar-refractivity contribution in [2.45, 2.75) is 51.4 Å². The largest absolute Gasteiger partial charge is 0.459 e. The lowest BCUT2D eigenvalue weighted by Crippen LogP contribution is -2.29. The molecule has 15 heavy (non-hydrogen) atoms. The highest BCUT2D eigenvalue weighted by molar-refractivity contribution is 8.00. The van der Waals surface area contributed by atoms with Crippen molar-refractivity contribution in [2.24, 2.45) is 0 Å². The first-order valence-electron chi connectivity index (χ1n) is 4.85. The highest BCUT2D eigenvalue weighted by Crippen LogP contribution is 2.18. The zero-order valence-corrected chi connectivity index (χ0v) is 10.4. The van der Waals surface area contributed by atoms with Crippen molar-refractivity contribution < 1.29 is 18.3 Å². The monoisotopic (exact) mass is 240 g/mol. The molecular formula is C10H18F2O2S. The van der Waals surface area contributed by atoms with Gasteiger partial charge in [-0.3, -0.25) is 4.79 Å². The van der Waals surface area contributed by atoms with Crippen LogP contribution >= 0.6 is 11.8 Å². The molecule has 0 amide bonds. The number of halogens is 2. The summed E-state index contributed by atoms with van der Waals surface area (Å²) in [6.07, 6.45) is -2.49. The molecule has 0 aromatic rings. The third-order valence-electron chi connectivity index (χ3n) is 1.44. The molecule has 0 aliphatic heterocycles. The molecule has 0 aliphatic rings. The first-order chi connectivity index (χ1) is 6.72. The predicted octanol–water partition coefficient (Wildman–Crippen LogP) is 3.11. The third-order valence-corrected chi connectivity index (χ3v) is 2.61. The quantitative estimate of drug-likeness (QED) is 0.691. The van der Waals surface area contributed by atoms with E-state index in [9.17, 15) is 13.6 Å². The molecule has 0 bridgehead atoms. The fourth-order valence-corrected chi connectivity index (χ4v) is 1.64. The van der Waals surface area contributed by atoms with Crippen LogP contribution in [0.25, 0.3) is 0 Å². The lowest BCUT2D eigenvalue weighted by molar-refractivity contribution is -0.153. The SMILES string of the molecule is CC(SCCC(F)F)C(=O)OC(C)(C)C. The number of thioether (sulfide) groups is 1. The van der Waals surface area contributed by atoms with Crippen molar-refractivity contribution in [2.75, 3.05) is 5.75 Å². The van der Waals surface area contributed by atoms with Gasteiger partial charge in [-0.25, -0.2) is 8.78 Å². The fourth-order valence-electron chi connectivity index (χ4n) is 0.787. The van der Waals surface area contributed by atoms with Gasteiger partial charge in [0.25, 0.3) is 0 Å². The molecule has 0 aromatic heterocycles. The van der Waals surface area contributed by atoms with Gasteiger partial charge < -0.3 is 4.74 Å². The maximum atomic E-state index is 11.8. The molecule has 5 heteroatoms. The molecule has 90 valence electrons. The summed E-state index contributed by atoms with van der Waals surface area (Å²) < 4.78 is 28.8. The van der Waals surface area contributed by atoms with Crippen molar-refractivity contribution in [3.63, 3.8) is 0 Å². The van der Waals surface area contributed by atoms with Gasteiger partial charge >= 0.3 is 5.97 Å². The summed E-state index contributed by atoms with van der Waals surface area (Å²) in [7, 11) is 0. The molecule has 0 spiro atoms. The van der Waals surface area contributed by atoms with Gasteiger partial charge in [0.2, 0.25) is 6.43 Å². The molecule has 0 radical (unpaired) electrons. The van der Waals surface area contributed by atoms with Crippen LogP contribution in [0.5, 0.6) is 0 Å². The Morgan fingerprint density at radius 3 is 2.33 bits per heavy atom. The van der Waals surface area contributed by atoms with Crippen LogP contribution < -0.4 is 0 Å². The number of hydrogen-bond acceptors (Lipinski definition) is 3. The minimum Gasteiger partial charge on any atom is -0.459 e. The summed E-state index contributed by atoms with van der Waals surface area (Å²) in [5, 5.41) is -0.386. The first kappa shape index (κ1) is 14.7. The average molecular weight is 240 g/mol. The topological polar surface area (TPSA) is 26.3 Å². The van der Waals surface area contributed by atoms with E-state index >= 15 is 0 Å². The Morgan fingerprint density at radius 1 is 1.40 bits per heavy atom. The molecule has 0 aromatic carbocycles. The molecule has 0 aliphatic carbocycles. The number of carbonyl (C=O) groups excluding carboxylic acids is 1. The van der Waals surface area contributed by atoms with E-state index in [1.54, 1.807) is 27.7 Å². The van der Waals surface area contributed by atoms with Crippen molar-refractivity contribution in [3.05, 3.63) is 0 Å². The fraction of sp³-hybridized carbons (Fsp3) is 0.900. The highest BCUT2D eigenvalue weighted by atomic mass is 32.2. The summed E-state index contributed by atoms with van der Waals surface area (Å²) in [5.74, 6) is -0.0697. The van der Waals surface area contributed by atoms with Gasteiger partial charge in [-0.05, 0) is 33.4 Å². The van der Waals surface area contributed by atoms with Crippen molar-refractivity contribution in [1.82, 2.24) is 0 Å². The van der Waals surface area contributed by atoms with Gasteiger partial charge in [0.05, 0.1) is 5.25 Å². The summed E-state index contributed by atoms with van der Waals surface area (Å²) in [6.45, 7) is 7.01. The number of rotatable bonds is 5. The Morgan fingerprint density at radius 2 is 1.93 bits per heavy atom. The summed E-state index contributed by atoms with van der Waals surface area (Å²) in [5.41, 5.74) is -0.519. The Balaban J connectivity index is 3.80. The number of hydrogen-bond donors (Lipinski definition) is 0. The molecule has 1 atom stereocenters. The van der Waals surface area contributed by atoms with Gasteiger partial charge in [-0.2, -0.15) is 0 Å². The van der Waals surface area contributed by atoms with Crippen LogP contribution in [-0.4, -0.2) is 29.0 Å². The molecule has 2 nitrogen and oxygen atoms in total. The Hall–Kier alpha value is -0.320. The van der Waals surface area contributed by atoms with E-state index in [0.29, 0.717) is 0 Å². The average Bonchev–Trinajstić information content (AvgIpc) is 1.99. The van der Waals surface area contributed by atoms with Gasteiger partial charge in [-0.15, -0.1) is 11.8 Å². The van der Waals surface area contributed by atoms with Crippen LogP contribution in [0.3, 0.4) is 0 Å². The second-order valence-corrected chi connectivity index (χ2v) is 5.67. The van der Waals surface area contributed by atoms with Crippen LogP contribution in [0, 0.1) is 0 Å². The van der Waals surface area contributed by atoms with Gasteiger partial charge in [-0.1, -0.05) is 0 Å². The molecule has 0 saturated carbocycles. The van der Waals surface area contributed by atoms with Gasteiger partial charge in [0, 0.05) is 6.42 Å². The Kier molecular flexibility index (Phi) is 6.17. The number of esters is 1. The van der Waals surface area contributed by atoms with Crippen LogP contribution in [0.2, 0.25) is 0 Å². The summed E-state index contributed by atoms with van der Waals surface area (Å²) in [6, 6.07) is 0. The minimum absolute atomic E-state index is 0.183. The molecule has 0 N–H and O–H groups in total. The van der Waals surface area contributed by atoms with E-state index in [0.717, 1.165) is 0 Å². The molecule has 0 fully saturated rings. The van der Waals surface area contributed by atoms with Crippen LogP contribution in [0.15, 0.2) is 0 Å². The Labute approximate surface area is 93.8 Å². The van der Waals surface area contributed by atoms with E-state index in [1.165, 1.54) is 11.8 Å². The molecular weight excluding hydrogens is 222 g/mol. The summed E-state index contributed by atoms with van der Waals surface area (Å²) in [4.78, 5) is 11.4. The third kappa shape index (κ3) is 8.66. The maximum absolute atomic E-state index is 11.8. The van der Waals surface area contributed by atoms with E-state index in [2.05, 4.69) is 0 Å². The second kappa shape index (κ2) is 6.30. The van der Waals surface area contributed by atoms with Crippen LogP contribution in [0.4, 0.5) is 8.78 Å². The molecule has 1 unspecified atom stereocenters. The van der Waals surface area contributed by atoms with Crippen LogP contribution in [-0.2, 0) is 9.53 Å². The van der Waals surface area contributed by atoms with Crippen molar-refractivity contribution in [3.8, 4) is 0 Å². The molecule has 0 saturated heterocycles. The lowest BCUT2D eigenvalue weighted by atomic mass is 10.2. The summed E-state index contributed by atoms with van der Waals surface area (Å²) >= 11 is 1.20. The minimum atomic E-state index is -2.30. The zero-order valence-electron chi connectivity index (χ0n) is 9.55. The normalized spacial score (nSPS) is 14.1. The van der Waals surface area contributed by atoms with Crippen LogP contribution in [0.1, 0.15) is 34.1 Å². The second-order valence-electron chi connectivity index (χ2n) is 4.23. The van der Waals surface area contributed by atoms with E-state index < -0.39 is 12.0 Å². The number of alkyl halides is 2. The zero-order chi connectivity index (χ0) is 12.1.